The zero-order valence-corrected chi connectivity index (χ0v) is 77.9. The summed E-state index contributed by atoms with van der Waals surface area (Å²) in [5, 5.41) is 56.6. The van der Waals surface area contributed by atoms with Gasteiger partial charge < -0.3 is 77.3 Å². The van der Waals surface area contributed by atoms with Gasteiger partial charge in [-0.1, -0.05) is 115 Å². The molecule has 0 fully saturated rings. The number of nitrogens with one attached hydrogen (secondary N) is 1. The number of aliphatic hydroxyl groups excluding tert-OH is 4. The number of nitrogens with two attached hydrogens (primary N) is 4. The van der Waals surface area contributed by atoms with E-state index in [4.69, 9.17) is 94.3 Å². The highest BCUT2D eigenvalue weighted by atomic mass is 35.5. The first kappa shape index (κ1) is 107. The van der Waals surface area contributed by atoms with E-state index in [9.17, 15) is 61.6 Å². The Labute approximate surface area is 755 Å². The van der Waals surface area contributed by atoms with Gasteiger partial charge in [0.2, 0.25) is 11.6 Å². The van der Waals surface area contributed by atoms with Crippen LogP contribution in [-0.4, -0.2) is 196 Å². The van der Waals surface area contributed by atoms with Gasteiger partial charge >= 0.3 is 12.2 Å². The molecule has 0 bridgehead atoms. The topological polar surface area (TPSA) is 413 Å². The number of rotatable bonds is 18. The monoisotopic (exact) mass is 1860 g/mol. The number of halogens is 8. The second-order valence-corrected chi connectivity index (χ2v) is 40.5. The molecular weight excluding hydrogens is 1740 g/mol. The third kappa shape index (κ3) is 26.8. The van der Waals surface area contributed by atoms with Gasteiger partial charge in [0.1, 0.15) is 51.6 Å². The minimum Gasteiger partial charge on any atom is -0.444 e. The van der Waals surface area contributed by atoms with Crippen molar-refractivity contribution in [1.29, 1.82) is 0 Å². The summed E-state index contributed by atoms with van der Waals surface area (Å²) < 4.78 is 78.7. The third-order valence-corrected chi connectivity index (χ3v) is 26.1. The lowest BCUT2D eigenvalue weighted by Gasteiger charge is -2.38. The standard InChI is InChI=1S/C26H36ClFN4O3Si.C21H26ClFN4O3.C20H24ClFN4O4.C15H16ClFN4O2.C2H6.CH5N.CH4O.CH4/c1-25(2,3)35-24(33)31-15-18(12-13-34-36(8,9)26(4,5)6)32-21(16-31)23(29-7)22(30-32)17-10-11-20(28)19(27)14-17;1-21(2,3)9-17(29)26-10-13(6-7-28)27-16(11-26)18(20(24)30)19(25-27)12-4-5-15(23)14(22)8-12;1-20(2,3)30-19(29)25-9-12(6-7-27)26-15(10-25)16(18(23)28)17(24-26)11-4-5-14(22)13(21)8-11;16-10-5-8(1-2-11(10)17)14-13(15(18)23)12-7-19-6-9(3-4-22)21(12)20-14;3*1-2;/h10-11,14,18H,12-13,15-16H2,1-6,8-9H3;4-5,8,13,28H,6-7,9-11H2,1-3H3,(H2,24,30);4-5,8,12,27H,6-7,9-10H2,1-3H3,(H2,23,28);1-2,5,9,19,22H,3-4,6-7H2,(H2,18,23);1-2H3;2H2,1H3;2H,1H3;1H4. The third-order valence-electron chi connectivity index (χ3n) is 20.5. The minimum atomic E-state index is -1.96. The molecule has 0 spiro atoms. The summed E-state index contributed by atoms with van der Waals surface area (Å²) in [6.45, 7) is 42.3. The molecule has 8 heterocycles. The van der Waals surface area contributed by atoms with Crippen LogP contribution < -0.4 is 28.3 Å². The maximum absolute atomic E-state index is 13.8. The molecule has 6 amide bonds. The van der Waals surface area contributed by atoms with Crippen molar-refractivity contribution in [1.82, 2.24) is 59.1 Å². The Balaban J connectivity index is 0.000000294. The van der Waals surface area contributed by atoms with Crippen molar-refractivity contribution in [2.24, 2.45) is 28.3 Å². The molecule has 0 saturated heterocycles. The van der Waals surface area contributed by atoms with Crippen LogP contribution in [0.4, 0.5) is 32.8 Å². The molecule has 4 aromatic carbocycles. The van der Waals surface area contributed by atoms with E-state index >= 15 is 0 Å². The van der Waals surface area contributed by atoms with Crippen LogP contribution in [0.25, 0.3) is 49.9 Å². The SMILES string of the molecule is C.CC.CC(C)(C)CC(=O)N1Cc2c(C(N)=O)c(-c3ccc(F)c(Cl)c3)nn2C(CCO)C1.CC(C)(C)OC(=O)N1Cc2c(C(N)=O)c(-c3ccc(F)c(Cl)c3)nn2C(CCO)C1.CN.CO.NC(=O)c1c(-c2ccc(F)c(Cl)c2)nn2c1CNCC2CCO.[C-]#[N+]c1c(-c2ccc(F)c(Cl)c2)nn2c1CN(C(=O)OC(C)(C)C)CC2CCO[Si](C)(C)C(C)(C)C. The van der Waals surface area contributed by atoms with Gasteiger partial charge in [0.05, 0.1) is 116 Å². The smallest absolute Gasteiger partial charge is 0.410 e. The van der Waals surface area contributed by atoms with Crippen LogP contribution in [0.15, 0.2) is 72.8 Å². The summed E-state index contributed by atoms with van der Waals surface area (Å²) in [4.78, 5) is 83.6. The van der Waals surface area contributed by atoms with Crippen molar-refractivity contribution in [3.63, 3.8) is 0 Å². The summed E-state index contributed by atoms with van der Waals surface area (Å²) in [7, 11) is 0.538. The van der Waals surface area contributed by atoms with Crippen LogP contribution in [0.2, 0.25) is 38.2 Å². The fourth-order valence-corrected chi connectivity index (χ4v) is 15.6. The number of carbonyl (C=O) groups is 6. The highest BCUT2D eigenvalue weighted by molar-refractivity contribution is 6.74. The van der Waals surface area contributed by atoms with E-state index in [1.165, 1.54) is 78.7 Å². The van der Waals surface area contributed by atoms with Gasteiger partial charge in [-0.3, -0.25) is 37.9 Å². The molecule has 39 heteroatoms. The number of hydrogen-bond acceptors (Lipinski definition) is 19. The average molecular weight is 1860 g/mol. The lowest BCUT2D eigenvalue weighted by molar-refractivity contribution is -0.135. The molecule has 13 N–H and O–H groups in total. The molecule has 4 aliphatic rings. The van der Waals surface area contributed by atoms with Crippen molar-refractivity contribution in [2.45, 2.75) is 216 Å². The molecule has 4 unspecified atom stereocenters. The second kappa shape index (κ2) is 45.9. The lowest BCUT2D eigenvalue weighted by Crippen LogP contribution is -2.45. The Kier molecular flexibility index (Phi) is 39.0. The molecule has 4 aliphatic heterocycles. The Hall–Kier alpha value is -9.55. The van der Waals surface area contributed by atoms with Crippen molar-refractivity contribution < 1.29 is 80.7 Å². The fraction of sp³-hybridized carbons (Fsp3) is 0.506. The van der Waals surface area contributed by atoms with Gasteiger partial charge in [0, 0.05) is 89.4 Å². The average Bonchev–Trinajstić information content (AvgIpc) is 1.65. The predicted molar refractivity (Wildman–Crippen MR) is 482 cm³/mol. The number of hydrogen-bond donors (Lipinski definition) is 9. The van der Waals surface area contributed by atoms with Crippen LogP contribution in [0.3, 0.4) is 0 Å². The lowest BCUT2D eigenvalue weighted by atomic mass is 9.91. The predicted octanol–water partition coefficient (Wildman–Crippen LogP) is 16.2. The number of carbonyl (C=O) groups excluding carboxylic acids is 6. The van der Waals surface area contributed by atoms with Crippen LogP contribution in [-0.2, 0) is 44.9 Å². The summed E-state index contributed by atoms with van der Waals surface area (Å²) >= 11 is 23.7. The highest BCUT2D eigenvalue weighted by Crippen LogP contribution is 2.44. The molecule has 0 radical (unpaired) electrons. The molecule has 8 aromatic rings. The number of ether oxygens (including phenoxy) is 2. The summed E-state index contributed by atoms with van der Waals surface area (Å²) in [5.74, 6) is -4.33. The van der Waals surface area contributed by atoms with E-state index in [0.717, 1.165) is 7.11 Å². The number of fused-ring (bicyclic) bond motifs is 4. The van der Waals surface area contributed by atoms with Gasteiger partial charge in [-0.25, -0.2) is 32.0 Å². The summed E-state index contributed by atoms with van der Waals surface area (Å²) in [6.07, 6.45) is 1.14. The van der Waals surface area contributed by atoms with Crippen molar-refractivity contribution in [3.05, 3.63) is 167 Å². The summed E-state index contributed by atoms with van der Waals surface area (Å²) in [6, 6.07) is 15.5. The first-order valence-electron chi connectivity index (χ1n) is 40.6. The molecular formula is C87H121Cl4F4N17O13Si. The van der Waals surface area contributed by atoms with E-state index in [2.05, 4.69) is 65.1 Å². The van der Waals surface area contributed by atoms with Crippen molar-refractivity contribution in [3.8, 4) is 45.0 Å². The number of amides is 6. The second-order valence-electron chi connectivity index (χ2n) is 34.1. The largest absolute Gasteiger partial charge is 0.444 e. The first-order valence-corrected chi connectivity index (χ1v) is 45.0. The highest BCUT2D eigenvalue weighted by Gasteiger charge is 2.42. The number of nitrogens with zero attached hydrogens (tertiary/aromatic N) is 12. The van der Waals surface area contributed by atoms with Crippen molar-refractivity contribution >= 4 is 96.2 Å². The van der Waals surface area contributed by atoms with E-state index in [1.807, 2.05) is 60.1 Å². The van der Waals surface area contributed by atoms with Gasteiger partial charge in [0.25, 0.3) is 17.7 Å². The van der Waals surface area contributed by atoms with Crippen LogP contribution in [0.5, 0.6) is 0 Å². The number of primary amides is 3. The quantitative estimate of drug-likeness (QED) is 0.0219. The molecule has 126 heavy (non-hydrogen) atoms. The van der Waals surface area contributed by atoms with Gasteiger partial charge in [-0.15, -0.1) is 0 Å². The zero-order valence-electron chi connectivity index (χ0n) is 73.9. The molecule has 692 valence electrons. The number of aromatic nitrogens is 8. The Bertz CT molecular complexity index is 5010. The van der Waals surface area contributed by atoms with Crippen molar-refractivity contribution in [2.75, 3.05) is 66.8 Å². The van der Waals surface area contributed by atoms with Gasteiger partial charge in [-0.05, 0) is 170 Å². The minimum absolute atomic E-state index is 0. The molecule has 0 aliphatic carbocycles. The van der Waals surface area contributed by atoms with Gasteiger partial charge in [0.15, 0.2) is 8.32 Å². The maximum atomic E-state index is 13.8. The Morgan fingerprint density at radius 1 is 0.508 bits per heavy atom. The Morgan fingerprint density at radius 3 is 1.15 bits per heavy atom. The molecule has 4 atom stereocenters. The van der Waals surface area contributed by atoms with E-state index in [0.29, 0.717) is 133 Å². The maximum Gasteiger partial charge on any atom is 0.410 e. The zero-order chi connectivity index (χ0) is 94.0. The van der Waals surface area contributed by atoms with Crippen LogP contribution in [0, 0.1) is 35.3 Å². The summed E-state index contributed by atoms with van der Waals surface area (Å²) in [5.41, 5.74) is 26.2. The normalized spacial score (nSPS) is 15.8. The molecule has 4 aromatic heterocycles. The number of benzene rings is 4. The van der Waals surface area contributed by atoms with Crippen LogP contribution in [0.1, 0.15) is 214 Å². The van der Waals surface area contributed by atoms with E-state index < -0.39 is 78.7 Å². The Morgan fingerprint density at radius 2 is 0.817 bits per heavy atom. The molecule has 0 saturated carbocycles. The molecule has 30 nitrogen and oxygen atoms in total. The molecule has 12 rings (SSSR count). The van der Waals surface area contributed by atoms with E-state index in [-0.39, 0.29) is 131 Å². The van der Waals surface area contributed by atoms with Crippen LogP contribution >= 0.6 is 46.4 Å². The fourth-order valence-electron chi connectivity index (χ4n) is 13.8. The number of aliphatic hydroxyl groups is 4. The first-order chi connectivity index (χ1) is 58.6. The van der Waals surface area contributed by atoms with E-state index in [1.54, 1.807) is 50.7 Å². The van der Waals surface area contributed by atoms with Gasteiger partial charge in [-0.2, -0.15) is 20.4 Å².